The van der Waals surface area contributed by atoms with Gasteiger partial charge in [0.05, 0.1) is 19.1 Å². The zero-order chi connectivity index (χ0) is 17.6. The summed E-state index contributed by atoms with van der Waals surface area (Å²) in [7, 11) is 0. The van der Waals surface area contributed by atoms with Gasteiger partial charge < -0.3 is 15.1 Å². The second-order valence-corrected chi connectivity index (χ2v) is 7.50. The van der Waals surface area contributed by atoms with Gasteiger partial charge >= 0.3 is 0 Å². The summed E-state index contributed by atoms with van der Waals surface area (Å²) in [6, 6.07) is 10.0. The Morgan fingerprint density at radius 2 is 1.80 bits per heavy atom. The van der Waals surface area contributed by atoms with Gasteiger partial charge in [0.25, 0.3) is 0 Å². The van der Waals surface area contributed by atoms with E-state index in [4.69, 9.17) is 0 Å². The molecule has 1 aromatic rings. The predicted molar refractivity (Wildman–Crippen MR) is 97.1 cm³/mol. The van der Waals surface area contributed by atoms with Crippen molar-refractivity contribution < 1.29 is 15.0 Å². The molecule has 2 N–H and O–H groups in total. The maximum absolute atomic E-state index is 12.5. The predicted octanol–water partition coefficient (Wildman–Crippen LogP) is 1.29. The summed E-state index contributed by atoms with van der Waals surface area (Å²) in [6.07, 6.45) is 3.73. The largest absolute Gasteiger partial charge is 0.395 e. The lowest BCUT2D eigenvalue weighted by molar-refractivity contribution is -0.132. The zero-order valence-electron chi connectivity index (χ0n) is 14.9. The molecule has 0 aromatic heterocycles. The Morgan fingerprint density at radius 1 is 1.08 bits per heavy atom. The second kappa shape index (κ2) is 8.79. The number of aliphatic hydroxyl groups is 2. The van der Waals surface area contributed by atoms with Gasteiger partial charge in [-0.3, -0.25) is 9.69 Å². The van der Waals surface area contributed by atoms with Gasteiger partial charge in [0.2, 0.25) is 5.91 Å². The first kappa shape index (κ1) is 18.4. The van der Waals surface area contributed by atoms with E-state index in [0.717, 1.165) is 51.0 Å². The quantitative estimate of drug-likeness (QED) is 0.843. The van der Waals surface area contributed by atoms with E-state index >= 15 is 0 Å². The van der Waals surface area contributed by atoms with Crippen molar-refractivity contribution in [2.24, 2.45) is 5.92 Å². The van der Waals surface area contributed by atoms with Gasteiger partial charge in [-0.25, -0.2) is 0 Å². The number of carbonyl (C=O) groups is 1. The minimum absolute atomic E-state index is 0.0847. The van der Waals surface area contributed by atoms with Crippen LogP contribution in [0.4, 0.5) is 0 Å². The normalized spacial score (nSPS) is 25.9. The van der Waals surface area contributed by atoms with Gasteiger partial charge in [-0.05, 0) is 37.2 Å². The number of nitrogens with zero attached hydrogens (tertiary/aromatic N) is 2. The fourth-order valence-electron chi connectivity index (χ4n) is 4.09. The average Bonchev–Trinajstić information content (AvgIpc) is 2.64. The molecule has 0 radical (unpaired) electrons. The van der Waals surface area contributed by atoms with Gasteiger partial charge in [0.1, 0.15) is 0 Å². The molecule has 1 aromatic carbocycles. The minimum Gasteiger partial charge on any atom is -0.395 e. The van der Waals surface area contributed by atoms with Crippen molar-refractivity contribution in [3.8, 4) is 0 Å². The van der Waals surface area contributed by atoms with Gasteiger partial charge in [-0.15, -0.1) is 0 Å². The molecule has 0 bridgehead atoms. The van der Waals surface area contributed by atoms with Gasteiger partial charge in [0.15, 0.2) is 0 Å². The molecule has 2 fully saturated rings. The van der Waals surface area contributed by atoms with Crippen LogP contribution in [0.2, 0.25) is 0 Å². The Bertz CT molecular complexity index is 543. The van der Waals surface area contributed by atoms with Crippen LogP contribution in [0.1, 0.15) is 31.2 Å². The maximum Gasteiger partial charge on any atom is 0.226 e. The van der Waals surface area contributed by atoms with Crippen LogP contribution >= 0.6 is 0 Å². The molecule has 0 saturated carbocycles. The molecule has 25 heavy (non-hydrogen) atoms. The Balaban J connectivity index is 1.44. The lowest BCUT2D eigenvalue weighted by atomic mass is 9.92. The third-order valence-electron chi connectivity index (χ3n) is 5.68. The fourth-order valence-corrected chi connectivity index (χ4v) is 4.09. The Kier molecular flexibility index (Phi) is 6.45. The highest BCUT2D eigenvalue weighted by Crippen LogP contribution is 2.24. The molecule has 138 valence electrons. The highest BCUT2D eigenvalue weighted by atomic mass is 16.3. The Morgan fingerprint density at radius 3 is 2.48 bits per heavy atom. The van der Waals surface area contributed by atoms with Crippen LogP contribution in [-0.2, 0) is 11.2 Å². The molecule has 2 aliphatic rings. The molecule has 3 rings (SSSR count). The van der Waals surface area contributed by atoms with Crippen LogP contribution in [0.3, 0.4) is 0 Å². The van der Waals surface area contributed by atoms with E-state index in [9.17, 15) is 15.0 Å². The fraction of sp³-hybridized carbons (Fsp3) is 0.650. The number of hydrogen-bond donors (Lipinski definition) is 2. The molecule has 2 atom stereocenters. The van der Waals surface area contributed by atoms with Crippen LogP contribution in [0.15, 0.2) is 30.3 Å². The van der Waals surface area contributed by atoms with Crippen LogP contribution < -0.4 is 0 Å². The average molecular weight is 346 g/mol. The highest BCUT2D eigenvalue weighted by Gasteiger charge is 2.30. The summed E-state index contributed by atoms with van der Waals surface area (Å²) in [6.45, 7) is 3.61. The summed E-state index contributed by atoms with van der Waals surface area (Å²) < 4.78 is 0. The number of hydrogen-bond acceptors (Lipinski definition) is 4. The van der Waals surface area contributed by atoms with Crippen LogP contribution in [0.5, 0.6) is 0 Å². The summed E-state index contributed by atoms with van der Waals surface area (Å²) in [5.41, 5.74) is 1.08. The number of aliphatic hydroxyl groups excluding tert-OH is 2. The lowest BCUT2D eigenvalue weighted by Gasteiger charge is -2.41. The molecule has 2 heterocycles. The molecular weight excluding hydrogens is 316 g/mol. The van der Waals surface area contributed by atoms with E-state index in [2.05, 4.69) is 4.90 Å². The smallest absolute Gasteiger partial charge is 0.226 e. The third-order valence-corrected chi connectivity index (χ3v) is 5.68. The third kappa shape index (κ3) is 5.03. The zero-order valence-corrected chi connectivity index (χ0v) is 14.9. The van der Waals surface area contributed by atoms with E-state index in [1.54, 1.807) is 0 Å². The first-order chi connectivity index (χ1) is 12.2. The first-order valence-corrected chi connectivity index (χ1v) is 9.50. The summed E-state index contributed by atoms with van der Waals surface area (Å²) in [5, 5.41) is 19.3. The van der Waals surface area contributed by atoms with Gasteiger partial charge in [-0.1, -0.05) is 30.3 Å². The number of amides is 1. The molecule has 5 heteroatoms. The molecule has 0 spiro atoms. The van der Waals surface area contributed by atoms with Crippen LogP contribution in [0, 0.1) is 5.92 Å². The summed E-state index contributed by atoms with van der Waals surface area (Å²) in [4.78, 5) is 16.8. The number of piperidine rings is 2. The van der Waals surface area contributed by atoms with Crippen molar-refractivity contribution in [2.45, 2.75) is 44.2 Å². The molecule has 2 aliphatic heterocycles. The number of carbonyl (C=O) groups excluding carboxylic acids is 1. The monoisotopic (exact) mass is 346 g/mol. The van der Waals surface area contributed by atoms with Crippen molar-refractivity contribution in [1.29, 1.82) is 0 Å². The number of benzene rings is 1. The van der Waals surface area contributed by atoms with E-state index in [-0.39, 0.29) is 24.7 Å². The second-order valence-electron chi connectivity index (χ2n) is 7.50. The molecule has 5 nitrogen and oxygen atoms in total. The lowest BCUT2D eigenvalue weighted by Crippen LogP contribution is -2.49. The summed E-state index contributed by atoms with van der Waals surface area (Å²) in [5.74, 6) is 0.795. The number of likely N-dealkylation sites (tertiary alicyclic amines) is 2. The van der Waals surface area contributed by atoms with E-state index < -0.39 is 0 Å². The SMILES string of the molecule is O=C(Cc1ccccc1)N1CCC(CN2CCC(O)CC2CO)CC1. The Labute approximate surface area is 150 Å². The molecule has 2 saturated heterocycles. The van der Waals surface area contributed by atoms with Crippen molar-refractivity contribution in [2.75, 3.05) is 32.8 Å². The summed E-state index contributed by atoms with van der Waals surface area (Å²) >= 11 is 0. The van der Waals surface area contributed by atoms with E-state index in [1.807, 2.05) is 35.2 Å². The van der Waals surface area contributed by atoms with Crippen molar-refractivity contribution in [3.63, 3.8) is 0 Å². The van der Waals surface area contributed by atoms with Gasteiger partial charge in [-0.2, -0.15) is 0 Å². The topological polar surface area (TPSA) is 64.0 Å². The molecule has 0 aliphatic carbocycles. The Hall–Kier alpha value is -1.43. The molecule has 2 unspecified atom stereocenters. The van der Waals surface area contributed by atoms with E-state index in [1.165, 1.54) is 0 Å². The highest BCUT2D eigenvalue weighted by molar-refractivity contribution is 5.78. The minimum atomic E-state index is -0.272. The van der Waals surface area contributed by atoms with E-state index in [0.29, 0.717) is 18.8 Å². The van der Waals surface area contributed by atoms with Crippen LogP contribution in [-0.4, -0.2) is 70.9 Å². The standard InChI is InChI=1S/C20H30N2O3/c23-15-18-13-19(24)8-11-22(18)14-17-6-9-21(10-7-17)20(25)12-16-4-2-1-3-5-16/h1-5,17-19,23-24H,6-15H2. The van der Waals surface area contributed by atoms with Gasteiger partial charge in [0, 0.05) is 32.2 Å². The molecular formula is C20H30N2O3. The van der Waals surface area contributed by atoms with Crippen molar-refractivity contribution in [3.05, 3.63) is 35.9 Å². The first-order valence-electron chi connectivity index (χ1n) is 9.50. The maximum atomic E-state index is 12.5. The van der Waals surface area contributed by atoms with Crippen LogP contribution in [0.25, 0.3) is 0 Å². The number of rotatable bonds is 5. The van der Waals surface area contributed by atoms with Crippen molar-refractivity contribution in [1.82, 2.24) is 9.80 Å². The van der Waals surface area contributed by atoms with Crippen molar-refractivity contribution >= 4 is 5.91 Å². The molecule has 1 amide bonds.